The van der Waals surface area contributed by atoms with Crippen LogP contribution in [0.1, 0.15) is 5.56 Å². The summed E-state index contributed by atoms with van der Waals surface area (Å²) in [5.41, 5.74) is -0.401. The number of aromatic hydroxyl groups is 1. The molecule has 2 rings (SSSR count). The summed E-state index contributed by atoms with van der Waals surface area (Å²) < 4.78 is 31.8. The van der Waals surface area contributed by atoms with Crippen LogP contribution in [0.5, 0.6) is 17.4 Å². The predicted molar refractivity (Wildman–Crippen MR) is 116 cm³/mol. The van der Waals surface area contributed by atoms with Crippen molar-refractivity contribution in [2.45, 2.75) is 12.2 Å². The third-order valence-electron chi connectivity index (χ3n) is 3.69. The molecule has 13 heteroatoms. The van der Waals surface area contributed by atoms with Gasteiger partial charge in [-0.15, -0.1) is 0 Å². The summed E-state index contributed by atoms with van der Waals surface area (Å²) in [5.74, 6) is -0.616. The summed E-state index contributed by atoms with van der Waals surface area (Å²) in [4.78, 5) is 25.9. The van der Waals surface area contributed by atoms with Gasteiger partial charge in [-0.2, -0.15) is 16.9 Å². The number of carbonyl (C=O) groups is 2. The summed E-state index contributed by atoms with van der Waals surface area (Å²) in [6.07, 6.45) is -0.154. The summed E-state index contributed by atoms with van der Waals surface area (Å²) in [6.45, 7) is 0. The highest BCUT2D eigenvalue weighted by molar-refractivity contribution is 7.97. The molecule has 0 unspecified atom stereocenters. The van der Waals surface area contributed by atoms with E-state index in [2.05, 4.69) is 10.1 Å². The molecule has 0 atom stereocenters. The first-order valence-corrected chi connectivity index (χ1v) is 10.5. The van der Waals surface area contributed by atoms with Crippen LogP contribution < -0.4 is 15.1 Å². The maximum Gasteiger partial charge on any atom is 0.287 e. The molecular weight excluding hydrogens is 477 g/mol. The number of hydrogen-bond acceptors (Lipinski definition) is 8. The van der Waals surface area contributed by atoms with Crippen molar-refractivity contribution in [2.75, 3.05) is 18.3 Å². The number of anilines is 1. The Morgan fingerprint density at radius 3 is 2.58 bits per heavy atom. The smallest absolute Gasteiger partial charge is 0.287 e. The second-order valence-electron chi connectivity index (χ2n) is 5.83. The molecule has 1 aromatic carbocycles. The normalized spacial score (nSPS) is 11.4. The summed E-state index contributed by atoms with van der Waals surface area (Å²) in [6, 6.07) is 4.19. The van der Waals surface area contributed by atoms with Crippen molar-refractivity contribution in [3.8, 4) is 17.4 Å². The van der Waals surface area contributed by atoms with E-state index < -0.39 is 18.0 Å². The quantitative estimate of drug-likeness (QED) is 0.308. The first-order chi connectivity index (χ1) is 14.7. The van der Waals surface area contributed by atoms with Crippen molar-refractivity contribution >= 4 is 58.7 Å². The molecule has 0 saturated heterocycles. The largest absolute Gasteiger partial charge is 0.506 e. The van der Waals surface area contributed by atoms with Gasteiger partial charge in [0.25, 0.3) is 12.3 Å². The third kappa shape index (κ3) is 6.42. The number of hydrogen-bond donors (Lipinski definition) is 2. The maximum atomic E-state index is 13.1. The van der Waals surface area contributed by atoms with E-state index in [-0.39, 0.29) is 39.5 Å². The number of hydrazone groups is 1. The lowest BCUT2D eigenvalue weighted by Crippen LogP contribution is -2.36. The molecule has 2 N–H and O–H groups in total. The van der Waals surface area contributed by atoms with Crippen LogP contribution in [0.25, 0.3) is 0 Å². The van der Waals surface area contributed by atoms with Crippen LogP contribution in [0.4, 0.5) is 14.5 Å². The van der Waals surface area contributed by atoms with Gasteiger partial charge in [-0.25, -0.2) is 13.8 Å². The van der Waals surface area contributed by atoms with E-state index in [0.29, 0.717) is 11.3 Å². The molecule has 2 aromatic rings. The number of aromatic nitrogens is 1. The van der Waals surface area contributed by atoms with Gasteiger partial charge in [0.05, 0.1) is 21.9 Å². The Kier molecular flexibility index (Phi) is 8.84. The molecule has 0 fully saturated rings. The van der Waals surface area contributed by atoms with E-state index in [1.165, 1.54) is 43.2 Å². The average Bonchev–Trinajstić information content (AvgIpc) is 2.70. The lowest BCUT2D eigenvalue weighted by Gasteiger charge is -2.17. The first kappa shape index (κ1) is 24.6. The van der Waals surface area contributed by atoms with Crippen LogP contribution in [0.15, 0.2) is 29.5 Å². The summed E-state index contributed by atoms with van der Waals surface area (Å²) in [7, 11) is 1.29. The van der Waals surface area contributed by atoms with E-state index >= 15 is 0 Å². The van der Waals surface area contributed by atoms with Crippen molar-refractivity contribution in [1.82, 2.24) is 10.3 Å². The standard InChI is InChI=1S/C18H16Cl2F2N4O4S/c1-26(25-15(17(21)22)18(29)24-8-27)10-4-11(19)16(12(20)5-10)30-14-3-9(7-31-2)13(28)6-23-14/h3-6,8,17,28H,7H2,1-2H3,(H,24,27,29)/b25-15-. The minimum Gasteiger partial charge on any atom is -0.506 e. The van der Waals surface area contributed by atoms with Gasteiger partial charge in [0.2, 0.25) is 12.3 Å². The number of nitrogens with zero attached hydrogens (tertiary/aromatic N) is 3. The molecule has 31 heavy (non-hydrogen) atoms. The fourth-order valence-corrected chi connectivity index (χ4v) is 3.36. The van der Waals surface area contributed by atoms with Gasteiger partial charge in [0.1, 0.15) is 5.75 Å². The topological polar surface area (TPSA) is 104 Å². The molecule has 2 amide bonds. The van der Waals surface area contributed by atoms with E-state index in [0.717, 1.165) is 5.01 Å². The van der Waals surface area contributed by atoms with Crippen molar-refractivity contribution in [2.24, 2.45) is 5.10 Å². The summed E-state index contributed by atoms with van der Waals surface area (Å²) in [5, 5.41) is 15.9. The van der Waals surface area contributed by atoms with Gasteiger partial charge in [-0.05, 0) is 18.4 Å². The summed E-state index contributed by atoms with van der Waals surface area (Å²) >= 11 is 14.0. The Balaban J connectivity index is 2.33. The second kappa shape index (κ2) is 11.1. The highest BCUT2D eigenvalue weighted by Crippen LogP contribution is 2.40. The molecular formula is C18H16Cl2F2N4O4S. The minimum absolute atomic E-state index is 0.0155. The Morgan fingerprint density at radius 1 is 1.39 bits per heavy atom. The fraction of sp³-hybridized carbons (Fsp3) is 0.222. The zero-order valence-corrected chi connectivity index (χ0v) is 18.4. The average molecular weight is 493 g/mol. The van der Waals surface area contributed by atoms with E-state index in [1.54, 1.807) is 5.32 Å². The van der Waals surface area contributed by atoms with Crippen molar-refractivity contribution < 1.29 is 28.2 Å². The van der Waals surface area contributed by atoms with Crippen molar-refractivity contribution in [3.63, 3.8) is 0 Å². The van der Waals surface area contributed by atoms with Gasteiger partial charge >= 0.3 is 0 Å². The molecule has 0 aliphatic carbocycles. The van der Waals surface area contributed by atoms with Gasteiger partial charge in [0, 0.05) is 24.4 Å². The second-order valence-corrected chi connectivity index (χ2v) is 7.51. The highest BCUT2D eigenvalue weighted by Gasteiger charge is 2.23. The molecule has 1 heterocycles. The van der Waals surface area contributed by atoms with Crippen LogP contribution in [0.2, 0.25) is 10.0 Å². The molecule has 0 radical (unpaired) electrons. The zero-order chi connectivity index (χ0) is 23.1. The molecule has 8 nitrogen and oxygen atoms in total. The lowest BCUT2D eigenvalue weighted by atomic mass is 10.2. The van der Waals surface area contributed by atoms with Gasteiger partial charge in [0.15, 0.2) is 11.5 Å². The molecule has 1 aromatic heterocycles. The molecule has 0 bridgehead atoms. The number of benzene rings is 1. The van der Waals surface area contributed by atoms with E-state index in [1.807, 2.05) is 6.26 Å². The van der Waals surface area contributed by atoms with Crippen molar-refractivity contribution in [3.05, 3.63) is 40.0 Å². The fourth-order valence-electron chi connectivity index (χ4n) is 2.27. The number of rotatable bonds is 9. The highest BCUT2D eigenvalue weighted by atomic mass is 35.5. The number of alkyl halides is 2. The van der Waals surface area contributed by atoms with E-state index in [4.69, 9.17) is 27.9 Å². The Bertz CT molecular complexity index is 988. The zero-order valence-electron chi connectivity index (χ0n) is 16.1. The van der Waals surface area contributed by atoms with Gasteiger partial charge in [-0.3, -0.25) is 19.9 Å². The first-order valence-electron chi connectivity index (χ1n) is 8.36. The SMILES string of the molecule is CSCc1cc(Oc2c(Cl)cc(N(C)/N=C(\C(=O)NC=O)C(F)F)cc2Cl)ncc1O. The van der Waals surface area contributed by atoms with Crippen LogP contribution in [0, 0.1) is 0 Å². The van der Waals surface area contributed by atoms with Crippen molar-refractivity contribution in [1.29, 1.82) is 0 Å². The van der Waals surface area contributed by atoms with E-state index in [9.17, 15) is 23.5 Å². The number of amides is 2. The third-order valence-corrected chi connectivity index (χ3v) is 4.85. The molecule has 0 aliphatic heterocycles. The van der Waals surface area contributed by atoms with Gasteiger partial charge < -0.3 is 9.84 Å². The predicted octanol–water partition coefficient (Wildman–Crippen LogP) is 4.08. The molecule has 0 saturated carbocycles. The van der Waals surface area contributed by atoms with Crippen LogP contribution >= 0.6 is 35.0 Å². The Labute approximate surface area is 190 Å². The number of carbonyl (C=O) groups excluding carboxylic acids is 2. The minimum atomic E-state index is -3.23. The lowest BCUT2D eigenvalue weighted by molar-refractivity contribution is -0.120. The number of halogens is 4. The molecule has 0 aliphatic rings. The number of imide groups is 1. The molecule has 0 spiro atoms. The number of ether oxygens (including phenoxy) is 1. The maximum absolute atomic E-state index is 13.1. The monoisotopic (exact) mass is 492 g/mol. The number of pyridine rings is 1. The Hall–Kier alpha value is -2.63. The van der Waals surface area contributed by atoms with Crippen LogP contribution in [-0.2, 0) is 15.3 Å². The Morgan fingerprint density at radius 2 is 2.03 bits per heavy atom. The molecule has 166 valence electrons. The number of nitrogens with one attached hydrogen (secondary N) is 1. The van der Waals surface area contributed by atoms with Crippen LogP contribution in [0.3, 0.4) is 0 Å². The number of thioether (sulfide) groups is 1. The van der Waals surface area contributed by atoms with Crippen LogP contribution in [-0.4, -0.2) is 47.8 Å². The van der Waals surface area contributed by atoms with Gasteiger partial charge in [-0.1, -0.05) is 23.2 Å².